The van der Waals surface area contributed by atoms with Gasteiger partial charge in [0.2, 0.25) is 0 Å². The number of rotatable bonds is 3. The van der Waals surface area contributed by atoms with Crippen molar-refractivity contribution >= 4 is 22.6 Å². The monoisotopic (exact) mass is 401 g/mol. The maximum Gasteiger partial charge on any atom is 0.436 e. The summed E-state index contributed by atoms with van der Waals surface area (Å²) in [5.41, 5.74) is -3.62. The van der Waals surface area contributed by atoms with Crippen LogP contribution in [-0.4, -0.2) is 31.4 Å². The van der Waals surface area contributed by atoms with E-state index in [2.05, 4.69) is 21.3 Å². The standard InChI is InChI=1S/C15H8ClF4N5O2/c1-3-4-27-10-6-9(8(17)5-7(10)16)25-14(26)11-12(15(18,19)20)22-24(2)13(11)21-23-25/h1,5-6H,4H2,2H3. The largest absolute Gasteiger partial charge is 0.479 e. The van der Waals surface area contributed by atoms with E-state index in [1.807, 2.05) is 0 Å². The number of alkyl halides is 3. The lowest BCUT2D eigenvalue weighted by atomic mass is 10.2. The van der Waals surface area contributed by atoms with E-state index in [0.29, 0.717) is 4.68 Å². The van der Waals surface area contributed by atoms with Crippen LogP contribution >= 0.6 is 11.6 Å². The van der Waals surface area contributed by atoms with Gasteiger partial charge < -0.3 is 4.74 Å². The average molecular weight is 402 g/mol. The summed E-state index contributed by atoms with van der Waals surface area (Å²) in [6.07, 6.45) is 0.149. The van der Waals surface area contributed by atoms with E-state index < -0.39 is 40.0 Å². The molecule has 2 aromatic heterocycles. The highest BCUT2D eigenvalue weighted by atomic mass is 35.5. The molecule has 27 heavy (non-hydrogen) atoms. The second-order valence-electron chi connectivity index (χ2n) is 5.20. The van der Waals surface area contributed by atoms with E-state index in [4.69, 9.17) is 22.8 Å². The Morgan fingerprint density at radius 2 is 2.07 bits per heavy atom. The molecule has 12 heteroatoms. The number of hydrogen-bond donors (Lipinski definition) is 0. The Hall–Kier alpha value is -3.13. The van der Waals surface area contributed by atoms with Crippen molar-refractivity contribution in [2.75, 3.05) is 6.61 Å². The van der Waals surface area contributed by atoms with Crippen molar-refractivity contribution in [2.45, 2.75) is 6.18 Å². The van der Waals surface area contributed by atoms with E-state index in [0.717, 1.165) is 16.8 Å². The summed E-state index contributed by atoms with van der Waals surface area (Å²) in [7, 11) is 1.17. The van der Waals surface area contributed by atoms with Crippen molar-refractivity contribution in [1.29, 1.82) is 0 Å². The topological polar surface area (TPSA) is 74.8 Å². The molecule has 0 amide bonds. The van der Waals surface area contributed by atoms with Gasteiger partial charge in [-0.2, -0.15) is 23.0 Å². The van der Waals surface area contributed by atoms with Crippen LogP contribution in [0.1, 0.15) is 5.69 Å². The van der Waals surface area contributed by atoms with Gasteiger partial charge in [0, 0.05) is 13.1 Å². The zero-order chi connectivity index (χ0) is 19.9. The maximum absolute atomic E-state index is 14.3. The molecule has 0 N–H and O–H groups in total. The molecule has 3 rings (SSSR count). The van der Waals surface area contributed by atoms with Crippen molar-refractivity contribution in [1.82, 2.24) is 24.8 Å². The Bertz CT molecular complexity index is 1150. The normalized spacial score (nSPS) is 11.6. The van der Waals surface area contributed by atoms with Crippen LogP contribution in [0.3, 0.4) is 0 Å². The summed E-state index contributed by atoms with van der Waals surface area (Å²) in [4.78, 5) is 12.6. The first kappa shape index (κ1) is 18.7. The van der Waals surface area contributed by atoms with Crippen molar-refractivity contribution in [3.63, 3.8) is 0 Å². The van der Waals surface area contributed by atoms with Crippen LogP contribution in [0.25, 0.3) is 16.7 Å². The molecule has 0 aliphatic carbocycles. The van der Waals surface area contributed by atoms with Gasteiger partial charge in [0.25, 0.3) is 5.56 Å². The molecule has 0 spiro atoms. The number of aryl methyl sites for hydroxylation is 1. The predicted molar refractivity (Wildman–Crippen MR) is 86.2 cm³/mol. The fourth-order valence-corrected chi connectivity index (χ4v) is 2.53. The number of aromatic nitrogens is 5. The highest BCUT2D eigenvalue weighted by molar-refractivity contribution is 6.32. The minimum absolute atomic E-state index is 0.0814. The zero-order valence-electron chi connectivity index (χ0n) is 13.4. The van der Waals surface area contributed by atoms with Gasteiger partial charge in [-0.05, 0) is 6.07 Å². The molecule has 0 bridgehead atoms. The number of nitrogens with zero attached hydrogens (tertiary/aromatic N) is 5. The molecule has 7 nitrogen and oxygen atoms in total. The molecule has 0 aliphatic heterocycles. The SMILES string of the molecule is C#CCOc1cc(-n2nnc3c(c(C(F)(F)F)nn3C)c2=O)c(F)cc1Cl. The molecule has 140 valence electrons. The van der Waals surface area contributed by atoms with Crippen LogP contribution in [0.4, 0.5) is 17.6 Å². The fourth-order valence-electron chi connectivity index (χ4n) is 2.33. The highest BCUT2D eigenvalue weighted by Crippen LogP contribution is 2.32. The van der Waals surface area contributed by atoms with Crippen LogP contribution in [-0.2, 0) is 13.2 Å². The lowest BCUT2D eigenvalue weighted by Gasteiger charge is -2.10. The quantitative estimate of drug-likeness (QED) is 0.497. The smallest absolute Gasteiger partial charge is 0.436 e. The van der Waals surface area contributed by atoms with Crippen LogP contribution in [0.15, 0.2) is 16.9 Å². The number of benzene rings is 1. The van der Waals surface area contributed by atoms with Crippen LogP contribution in [0.5, 0.6) is 5.75 Å². The molecule has 0 radical (unpaired) electrons. The Labute approximate surface area is 153 Å². The molecule has 0 atom stereocenters. The van der Waals surface area contributed by atoms with E-state index >= 15 is 0 Å². The summed E-state index contributed by atoms with van der Waals surface area (Å²) in [6, 6.07) is 1.80. The van der Waals surface area contributed by atoms with Crippen LogP contribution in [0, 0.1) is 18.2 Å². The predicted octanol–water partition coefficient (Wildman–Crippen LogP) is 2.34. The van der Waals surface area contributed by atoms with Gasteiger partial charge >= 0.3 is 6.18 Å². The first-order valence-corrected chi connectivity index (χ1v) is 7.48. The summed E-state index contributed by atoms with van der Waals surface area (Å²) in [6.45, 7) is -0.203. The van der Waals surface area contributed by atoms with Gasteiger partial charge in [-0.1, -0.05) is 22.7 Å². The van der Waals surface area contributed by atoms with E-state index in [-0.39, 0.29) is 17.4 Å². The molecular formula is C15H8ClF4N5O2. The molecule has 0 saturated heterocycles. The number of hydrogen-bond acceptors (Lipinski definition) is 5. The molecule has 0 saturated carbocycles. The molecule has 0 aliphatic rings. The van der Waals surface area contributed by atoms with E-state index in [1.165, 1.54) is 7.05 Å². The van der Waals surface area contributed by atoms with Gasteiger partial charge in [-0.3, -0.25) is 4.79 Å². The second kappa shape index (κ2) is 6.55. The first-order chi connectivity index (χ1) is 12.6. The third kappa shape index (κ3) is 3.19. The van der Waals surface area contributed by atoms with Crippen LogP contribution < -0.4 is 10.3 Å². The summed E-state index contributed by atoms with van der Waals surface area (Å²) < 4.78 is 60.1. The maximum atomic E-state index is 14.3. The Balaban J connectivity index is 2.29. The van der Waals surface area contributed by atoms with Gasteiger partial charge in [0.05, 0.1) is 5.02 Å². The minimum Gasteiger partial charge on any atom is -0.479 e. The Kier molecular flexibility index (Phi) is 4.52. The highest BCUT2D eigenvalue weighted by Gasteiger charge is 2.39. The third-order valence-electron chi connectivity index (χ3n) is 3.46. The zero-order valence-corrected chi connectivity index (χ0v) is 14.1. The second-order valence-corrected chi connectivity index (χ2v) is 5.61. The number of halogens is 5. The van der Waals surface area contributed by atoms with E-state index in [9.17, 15) is 22.4 Å². The van der Waals surface area contributed by atoms with Crippen LogP contribution in [0.2, 0.25) is 5.02 Å². The van der Waals surface area contributed by atoms with Gasteiger partial charge in [-0.25, -0.2) is 9.07 Å². The van der Waals surface area contributed by atoms with E-state index in [1.54, 1.807) is 0 Å². The molecule has 0 fully saturated rings. The molecule has 3 aromatic rings. The molecular weight excluding hydrogens is 394 g/mol. The summed E-state index contributed by atoms with van der Waals surface area (Å²) >= 11 is 5.83. The van der Waals surface area contributed by atoms with Crippen molar-refractivity contribution in [3.05, 3.63) is 39.0 Å². The van der Waals surface area contributed by atoms with Gasteiger partial charge in [-0.15, -0.1) is 11.5 Å². The van der Waals surface area contributed by atoms with Crippen molar-refractivity contribution in [3.8, 4) is 23.8 Å². The lowest BCUT2D eigenvalue weighted by Crippen LogP contribution is -2.25. The molecule has 2 heterocycles. The molecule has 0 unspecified atom stereocenters. The molecule has 1 aromatic carbocycles. The lowest BCUT2D eigenvalue weighted by molar-refractivity contribution is -0.140. The van der Waals surface area contributed by atoms with Crippen molar-refractivity contribution in [2.24, 2.45) is 7.05 Å². The number of fused-ring (bicyclic) bond motifs is 1. The van der Waals surface area contributed by atoms with Gasteiger partial charge in [0.1, 0.15) is 23.4 Å². The summed E-state index contributed by atoms with van der Waals surface area (Å²) in [5.74, 6) is 1.06. The average Bonchev–Trinajstić information content (AvgIpc) is 2.93. The first-order valence-electron chi connectivity index (χ1n) is 7.10. The fraction of sp³-hybridized carbons (Fsp3) is 0.200. The Morgan fingerprint density at radius 1 is 1.37 bits per heavy atom. The van der Waals surface area contributed by atoms with Crippen molar-refractivity contribution < 1.29 is 22.3 Å². The minimum atomic E-state index is -4.92. The van der Waals surface area contributed by atoms with Gasteiger partial charge in [0.15, 0.2) is 17.2 Å². The third-order valence-corrected chi connectivity index (χ3v) is 3.76. The number of terminal acetylenes is 1. The summed E-state index contributed by atoms with van der Waals surface area (Å²) in [5, 5.41) is 9.31. The number of ether oxygens (including phenoxy) is 1. The Morgan fingerprint density at radius 3 is 2.70 bits per heavy atom.